The molecule has 112 valence electrons. The lowest BCUT2D eigenvalue weighted by Crippen LogP contribution is -1.91. The van der Waals surface area contributed by atoms with Gasteiger partial charge >= 0.3 is 5.69 Å². The summed E-state index contributed by atoms with van der Waals surface area (Å²) in [6.07, 6.45) is 0. The predicted molar refractivity (Wildman–Crippen MR) is 72.3 cm³/mol. The van der Waals surface area contributed by atoms with Gasteiger partial charge in [0, 0.05) is 18.2 Å². The van der Waals surface area contributed by atoms with E-state index in [1.807, 2.05) is 0 Å². The second-order valence-electron chi connectivity index (χ2n) is 4.28. The first-order chi connectivity index (χ1) is 9.72. The maximum absolute atomic E-state index is 12.6. The number of phenols is 2. The third kappa shape index (κ3) is 4.41. The average molecular weight is 297 g/mol. The molecule has 21 heavy (non-hydrogen) atoms. The number of phenolic OH excluding ortho intramolecular Hbond substituents is 2. The van der Waals surface area contributed by atoms with Crippen LogP contribution in [0.4, 0.5) is 14.5 Å². The number of halogens is 2. The molecule has 0 fully saturated rings. The topological polar surface area (TPSA) is 83.6 Å². The van der Waals surface area contributed by atoms with Gasteiger partial charge in [-0.2, -0.15) is 0 Å². The van der Waals surface area contributed by atoms with Crippen molar-refractivity contribution < 1.29 is 23.9 Å². The van der Waals surface area contributed by atoms with Crippen molar-refractivity contribution in [3.05, 3.63) is 63.2 Å². The Morgan fingerprint density at radius 1 is 1.00 bits per heavy atom. The number of nitro benzene ring substituents is 1. The Balaban J connectivity index is 0.000000219. The highest BCUT2D eigenvalue weighted by molar-refractivity contribution is 5.47. The van der Waals surface area contributed by atoms with Gasteiger partial charge in [0.05, 0.1) is 4.92 Å². The lowest BCUT2D eigenvalue weighted by molar-refractivity contribution is -0.386. The van der Waals surface area contributed by atoms with E-state index in [4.69, 9.17) is 10.2 Å². The van der Waals surface area contributed by atoms with Crippen molar-refractivity contribution in [2.45, 2.75) is 13.8 Å². The van der Waals surface area contributed by atoms with E-state index in [9.17, 15) is 18.9 Å². The number of rotatable bonds is 1. The molecule has 0 atom stereocenters. The van der Waals surface area contributed by atoms with Crippen molar-refractivity contribution in [3.63, 3.8) is 0 Å². The molecule has 2 aromatic rings. The minimum absolute atomic E-state index is 0.0295. The van der Waals surface area contributed by atoms with Gasteiger partial charge in [0.1, 0.15) is 17.4 Å². The van der Waals surface area contributed by atoms with Crippen molar-refractivity contribution in [1.82, 2.24) is 0 Å². The lowest BCUT2D eigenvalue weighted by atomic mass is 10.2. The molecule has 0 unspecified atom stereocenters. The summed E-state index contributed by atoms with van der Waals surface area (Å²) in [6.45, 7) is 3.04. The zero-order valence-electron chi connectivity index (χ0n) is 11.3. The van der Waals surface area contributed by atoms with E-state index >= 15 is 0 Å². The molecular formula is C14H13F2NO4. The van der Waals surface area contributed by atoms with Crippen LogP contribution >= 0.6 is 0 Å². The second-order valence-corrected chi connectivity index (χ2v) is 4.28. The normalized spacial score (nSPS) is 9.71. The van der Waals surface area contributed by atoms with Gasteiger partial charge in [0.25, 0.3) is 0 Å². The summed E-state index contributed by atoms with van der Waals surface area (Å²) in [6, 6.07) is 5.80. The highest BCUT2D eigenvalue weighted by Crippen LogP contribution is 2.27. The molecule has 0 aliphatic heterocycles. The van der Waals surface area contributed by atoms with Crippen molar-refractivity contribution >= 4 is 5.69 Å². The van der Waals surface area contributed by atoms with Gasteiger partial charge < -0.3 is 10.2 Å². The Morgan fingerprint density at radius 2 is 1.57 bits per heavy atom. The van der Waals surface area contributed by atoms with Crippen LogP contribution in [0, 0.1) is 35.6 Å². The number of nitro groups is 1. The maximum Gasteiger partial charge on any atom is 0.311 e. The van der Waals surface area contributed by atoms with Gasteiger partial charge in [-0.05, 0) is 31.0 Å². The fourth-order valence-electron chi connectivity index (χ4n) is 1.38. The van der Waals surface area contributed by atoms with Crippen LogP contribution in [0.15, 0.2) is 30.3 Å². The van der Waals surface area contributed by atoms with E-state index in [0.717, 1.165) is 18.2 Å². The molecule has 0 spiro atoms. The van der Waals surface area contributed by atoms with Crippen LogP contribution in [-0.2, 0) is 0 Å². The molecule has 2 rings (SSSR count). The summed E-state index contributed by atoms with van der Waals surface area (Å²) in [7, 11) is 0. The SMILES string of the molecule is Cc1cc([N+](=O)[O-])c(O)cc1F.Cc1ccc(O)cc1F. The standard InChI is InChI=1S/C7H6FNO3.C7H7FO/c1-4-2-6(9(11)12)7(10)3-5(4)8;1-5-2-3-6(9)4-7(5)8/h2-3,10H,1H3;2-4,9H,1H3. The molecule has 0 saturated heterocycles. The lowest BCUT2D eigenvalue weighted by Gasteiger charge is -1.98. The van der Waals surface area contributed by atoms with Gasteiger partial charge in [-0.1, -0.05) is 6.07 Å². The van der Waals surface area contributed by atoms with Gasteiger partial charge in [-0.25, -0.2) is 8.78 Å². The molecule has 7 heteroatoms. The average Bonchev–Trinajstić information content (AvgIpc) is 2.39. The number of benzene rings is 2. The van der Waals surface area contributed by atoms with Crippen LogP contribution < -0.4 is 0 Å². The molecule has 0 aromatic heterocycles. The summed E-state index contributed by atoms with van der Waals surface area (Å²) in [5, 5.41) is 27.8. The molecule has 0 heterocycles. The highest BCUT2D eigenvalue weighted by Gasteiger charge is 2.15. The molecule has 2 N–H and O–H groups in total. The van der Waals surface area contributed by atoms with Crippen molar-refractivity contribution in [1.29, 1.82) is 0 Å². The summed E-state index contributed by atoms with van der Waals surface area (Å²) in [4.78, 5) is 9.45. The van der Waals surface area contributed by atoms with Crippen molar-refractivity contribution in [2.24, 2.45) is 0 Å². The Kier molecular flexibility index (Phi) is 5.18. The van der Waals surface area contributed by atoms with E-state index in [0.29, 0.717) is 5.56 Å². The van der Waals surface area contributed by atoms with Gasteiger partial charge in [0.15, 0.2) is 5.75 Å². The van der Waals surface area contributed by atoms with E-state index in [1.165, 1.54) is 19.1 Å². The third-order valence-corrected chi connectivity index (χ3v) is 2.61. The number of hydrogen-bond acceptors (Lipinski definition) is 4. The molecule has 0 aliphatic rings. The van der Waals surface area contributed by atoms with E-state index in [2.05, 4.69) is 0 Å². The Hall–Kier alpha value is -2.70. The summed E-state index contributed by atoms with van der Waals surface area (Å²) in [5.74, 6) is -1.70. The summed E-state index contributed by atoms with van der Waals surface area (Å²) >= 11 is 0. The first-order valence-corrected chi connectivity index (χ1v) is 5.81. The van der Waals surface area contributed by atoms with Crippen LogP contribution in [0.25, 0.3) is 0 Å². The zero-order chi connectivity index (χ0) is 16.2. The fraction of sp³-hybridized carbons (Fsp3) is 0.143. The van der Waals surface area contributed by atoms with Crippen LogP contribution in [0.3, 0.4) is 0 Å². The molecular weight excluding hydrogens is 284 g/mol. The number of hydrogen-bond donors (Lipinski definition) is 2. The third-order valence-electron chi connectivity index (χ3n) is 2.61. The fourth-order valence-corrected chi connectivity index (χ4v) is 1.38. The first-order valence-electron chi connectivity index (χ1n) is 5.81. The molecule has 0 radical (unpaired) electrons. The van der Waals surface area contributed by atoms with Crippen molar-refractivity contribution in [2.75, 3.05) is 0 Å². The van der Waals surface area contributed by atoms with Gasteiger partial charge in [-0.3, -0.25) is 10.1 Å². The summed E-state index contributed by atoms with van der Waals surface area (Å²) < 4.78 is 25.1. The Labute approximate surface area is 119 Å². The quantitative estimate of drug-likeness (QED) is 0.622. The minimum Gasteiger partial charge on any atom is -0.508 e. The second kappa shape index (κ2) is 6.65. The van der Waals surface area contributed by atoms with E-state index < -0.39 is 22.2 Å². The molecule has 0 aliphatic carbocycles. The van der Waals surface area contributed by atoms with Crippen LogP contribution in [0.5, 0.6) is 11.5 Å². The van der Waals surface area contributed by atoms with Crippen molar-refractivity contribution in [3.8, 4) is 11.5 Å². The largest absolute Gasteiger partial charge is 0.508 e. The van der Waals surface area contributed by atoms with E-state index in [-0.39, 0.29) is 17.1 Å². The van der Waals surface area contributed by atoms with Crippen LogP contribution in [0.1, 0.15) is 11.1 Å². The Bertz CT molecular complexity index is 674. The zero-order valence-corrected chi connectivity index (χ0v) is 11.3. The van der Waals surface area contributed by atoms with E-state index in [1.54, 1.807) is 6.92 Å². The smallest absolute Gasteiger partial charge is 0.311 e. The molecule has 0 amide bonds. The number of aryl methyl sites for hydroxylation is 2. The predicted octanol–water partition coefficient (Wildman–Crippen LogP) is 3.59. The Morgan fingerprint density at radius 3 is 2.05 bits per heavy atom. The first kappa shape index (κ1) is 16.4. The molecule has 0 bridgehead atoms. The number of nitrogens with zero attached hydrogens (tertiary/aromatic N) is 1. The van der Waals surface area contributed by atoms with Crippen LogP contribution in [-0.4, -0.2) is 15.1 Å². The van der Waals surface area contributed by atoms with Gasteiger partial charge in [0.2, 0.25) is 0 Å². The van der Waals surface area contributed by atoms with Gasteiger partial charge in [-0.15, -0.1) is 0 Å². The molecule has 2 aromatic carbocycles. The maximum atomic E-state index is 12.6. The highest BCUT2D eigenvalue weighted by atomic mass is 19.1. The molecule has 5 nitrogen and oxygen atoms in total. The monoisotopic (exact) mass is 297 g/mol. The minimum atomic E-state index is -0.762. The summed E-state index contributed by atoms with van der Waals surface area (Å²) in [5.41, 5.74) is 0.209. The number of aromatic hydroxyl groups is 2. The van der Waals surface area contributed by atoms with Crippen LogP contribution in [0.2, 0.25) is 0 Å². The molecule has 0 saturated carbocycles.